The van der Waals surface area contributed by atoms with Crippen LogP contribution < -0.4 is 5.43 Å². The zero-order chi connectivity index (χ0) is 27.6. The number of benzene rings is 5. The standard InChI is InChI=1S/C36H28N4O/c1-36(2)31-18-16-26(35-39-38-34(41-35)24-12-7-4-8-13-24)21-29(31)28-17-19-32-30(33(28)36)22-37-40(32)27-15-9-14-25(20-27)23-10-5-3-6-11-23/h3-22,34,38H,1-2H3. The van der Waals surface area contributed by atoms with Gasteiger partial charge in [0.25, 0.3) is 0 Å². The highest BCUT2D eigenvalue weighted by molar-refractivity contribution is 6.00. The molecule has 5 heteroatoms. The van der Waals surface area contributed by atoms with E-state index in [9.17, 15) is 0 Å². The summed E-state index contributed by atoms with van der Waals surface area (Å²) in [4.78, 5) is 0. The fourth-order valence-electron chi connectivity index (χ4n) is 6.42. The Kier molecular flexibility index (Phi) is 5.16. The molecule has 1 unspecified atom stereocenters. The van der Waals surface area contributed by atoms with Crippen LogP contribution in [0.25, 0.3) is 38.8 Å². The first-order valence-corrected chi connectivity index (χ1v) is 13.9. The van der Waals surface area contributed by atoms with E-state index < -0.39 is 0 Å². The third-order valence-electron chi connectivity index (χ3n) is 8.42. The molecule has 0 fully saturated rings. The minimum absolute atomic E-state index is 0.175. The number of hydrazone groups is 1. The molecule has 0 radical (unpaired) electrons. The summed E-state index contributed by atoms with van der Waals surface area (Å²) in [6, 6.07) is 40.2. The maximum absolute atomic E-state index is 6.22. The molecular formula is C36H28N4O. The van der Waals surface area contributed by atoms with E-state index in [1.165, 1.54) is 38.8 Å². The van der Waals surface area contributed by atoms with Crippen LogP contribution in [0.5, 0.6) is 0 Å². The molecule has 1 aliphatic carbocycles. The quantitative estimate of drug-likeness (QED) is 0.250. The summed E-state index contributed by atoms with van der Waals surface area (Å²) in [5.74, 6) is 0.611. The summed E-state index contributed by atoms with van der Waals surface area (Å²) < 4.78 is 8.28. The monoisotopic (exact) mass is 532 g/mol. The molecule has 1 N–H and O–H groups in total. The highest BCUT2D eigenvalue weighted by atomic mass is 16.5. The van der Waals surface area contributed by atoms with Gasteiger partial charge in [0.15, 0.2) is 0 Å². The summed E-state index contributed by atoms with van der Waals surface area (Å²) in [5.41, 5.74) is 14.6. The van der Waals surface area contributed by atoms with Crippen molar-refractivity contribution in [3.05, 3.63) is 144 Å². The van der Waals surface area contributed by atoms with Gasteiger partial charge < -0.3 is 4.74 Å². The van der Waals surface area contributed by atoms with Gasteiger partial charge in [-0.2, -0.15) is 5.10 Å². The van der Waals surface area contributed by atoms with E-state index in [4.69, 9.17) is 9.84 Å². The number of ether oxygens (including phenoxy) is 1. The first-order valence-electron chi connectivity index (χ1n) is 13.9. The van der Waals surface area contributed by atoms with Gasteiger partial charge in [-0.05, 0) is 63.7 Å². The summed E-state index contributed by atoms with van der Waals surface area (Å²) >= 11 is 0. The van der Waals surface area contributed by atoms with E-state index in [0.29, 0.717) is 5.90 Å². The Hall–Kier alpha value is -5.16. The normalized spacial score (nSPS) is 16.5. The summed E-state index contributed by atoms with van der Waals surface area (Å²) in [5, 5.41) is 10.6. The van der Waals surface area contributed by atoms with Crippen molar-refractivity contribution in [1.82, 2.24) is 15.2 Å². The third kappa shape index (κ3) is 3.70. The maximum Gasteiger partial charge on any atom is 0.240 e. The van der Waals surface area contributed by atoms with Crippen LogP contribution >= 0.6 is 0 Å². The highest BCUT2D eigenvalue weighted by Crippen LogP contribution is 2.51. The van der Waals surface area contributed by atoms with Gasteiger partial charge in [-0.15, -0.1) is 5.10 Å². The molecule has 41 heavy (non-hydrogen) atoms. The Morgan fingerprint density at radius 1 is 0.732 bits per heavy atom. The van der Waals surface area contributed by atoms with Crippen molar-refractivity contribution in [2.45, 2.75) is 25.5 Å². The second kappa shape index (κ2) is 8.93. The number of fused-ring (bicyclic) bond motifs is 5. The fourth-order valence-corrected chi connectivity index (χ4v) is 6.42. The van der Waals surface area contributed by atoms with Crippen LogP contribution in [0.1, 0.15) is 42.3 Å². The molecule has 1 atom stereocenters. The lowest BCUT2D eigenvalue weighted by Crippen LogP contribution is -2.15. The fraction of sp³-hybridized carbons (Fsp3) is 0.111. The second-order valence-electron chi connectivity index (χ2n) is 11.2. The average molecular weight is 533 g/mol. The summed E-state index contributed by atoms with van der Waals surface area (Å²) in [7, 11) is 0. The Morgan fingerprint density at radius 3 is 2.34 bits per heavy atom. The van der Waals surface area contributed by atoms with Gasteiger partial charge in [0.05, 0.1) is 17.4 Å². The molecule has 5 nitrogen and oxygen atoms in total. The molecule has 1 aliphatic heterocycles. The average Bonchev–Trinajstić information content (AvgIpc) is 3.74. The van der Waals surface area contributed by atoms with Gasteiger partial charge in [-0.3, -0.25) is 5.43 Å². The molecule has 0 saturated heterocycles. The molecule has 2 aliphatic rings. The number of rotatable bonds is 4. The van der Waals surface area contributed by atoms with E-state index in [0.717, 1.165) is 22.3 Å². The molecule has 0 amide bonds. The van der Waals surface area contributed by atoms with Gasteiger partial charge in [0.2, 0.25) is 12.1 Å². The van der Waals surface area contributed by atoms with Crippen molar-refractivity contribution in [2.24, 2.45) is 5.10 Å². The van der Waals surface area contributed by atoms with Crippen molar-refractivity contribution in [3.8, 4) is 27.9 Å². The lowest BCUT2D eigenvalue weighted by atomic mass is 9.81. The van der Waals surface area contributed by atoms with Crippen molar-refractivity contribution >= 4 is 16.8 Å². The summed E-state index contributed by atoms with van der Waals surface area (Å²) in [6.45, 7) is 4.61. The highest BCUT2D eigenvalue weighted by Gasteiger charge is 2.38. The van der Waals surface area contributed by atoms with Crippen LogP contribution in [-0.2, 0) is 10.2 Å². The summed E-state index contributed by atoms with van der Waals surface area (Å²) in [6.07, 6.45) is 1.74. The van der Waals surface area contributed by atoms with Gasteiger partial charge in [0, 0.05) is 21.9 Å². The van der Waals surface area contributed by atoms with E-state index in [1.807, 2.05) is 42.6 Å². The first kappa shape index (κ1) is 23.7. The van der Waals surface area contributed by atoms with Crippen LogP contribution in [0.4, 0.5) is 0 Å². The molecule has 8 rings (SSSR count). The predicted molar refractivity (Wildman–Crippen MR) is 164 cm³/mol. The number of hydrogen-bond acceptors (Lipinski definition) is 4. The van der Waals surface area contributed by atoms with Gasteiger partial charge in [-0.25, -0.2) is 4.68 Å². The van der Waals surface area contributed by atoms with Gasteiger partial charge >= 0.3 is 0 Å². The molecule has 0 saturated carbocycles. The Labute approximate surface area is 238 Å². The lowest BCUT2D eigenvalue weighted by molar-refractivity contribution is 0.192. The Balaban J connectivity index is 1.18. The molecule has 2 heterocycles. The molecule has 1 aromatic heterocycles. The van der Waals surface area contributed by atoms with Gasteiger partial charge in [-0.1, -0.05) is 98.8 Å². The minimum atomic E-state index is -0.283. The number of aromatic nitrogens is 2. The molecule has 198 valence electrons. The SMILES string of the molecule is CC1(C)c2ccc(C3=NNC(c4ccccc4)O3)cc2-c2ccc3c(cnn3-c3cccc(-c4ccccc4)c3)c21. The third-order valence-corrected chi connectivity index (χ3v) is 8.42. The maximum atomic E-state index is 6.22. The molecule has 6 aromatic rings. The van der Waals surface area contributed by atoms with Crippen LogP contribution in [0.3, 0.4) is 0 Å². The first-order chi connectivity index (χ1) is 20.1. The minimum Gasteiger partial charge on any atom is -0.446 e. The Bertz CT molecular complexity index is 1970. The molecule has 0 spiro atoms. The topological polar surface area (TPSA) is 51.4 Å². The van der Waals surface area contributed by atoms with Crippen molar-refractivity contribution in [3.63, 3.8) is 0 Å². The number of nitrogens with zero attached hydrogens (tertiary/aromatic N) is 3. The van der Waals surface area contributed by atoms with E-state index in [-0.39, 0.29) is 11.6 Å². The number of nitrogens with one attached hydrogen (secondary N) is 1. The second-order valence-corrected chi connectivity index (χ2v) is 11.2. The van der Waals surface area contributed by atoms with Gasteiger partial charge in [0.1, 0.15) is 0 Å². The molecule has 0 bridgehead atoms. The van der Waals surface area contributed by atoms with Crippen molar-refractivity contribution in [2.75, 3.05) is 0 Å². The zero-order valence-corrected chi connectivity index (χ0v) is 22.9. The van der Waals surface area contributed by atoms with E-state index >= 15 is 0 Å². The Morgan fingerprint density at radius 2 is 1.51 bits per heavy atom. The van der Waals surface area contributed by atoms with E-state index in [1.54, 1.807) is 0 Å². The van der Waals surface area contributed by atoms with Crippen LogP contribution in [0.15, 0.2) is 127 Å². The van der Waals surface area contributed by atoms with Crippen LogP contribution in [0, 0.1) is 0 Å². The molecule has 5 aromatic carbocycles. The lowest BCUT2D eigenvalue weighted by Gasteiger charge is -2.22. The van der Waals surface area contributed by atoms with Crippen LogP contribution in [0.2, 0.25) is 0 Å². The predicted octanol–water partition coefficient (Wildman–Crippen LogP) is 7.98. The molecular weight excluding hydrogens is 504 g/mol. The van der Waals surface area contributed by atoms with Crippen LogP contribution in [-0.4, -0.2) is 15.7 Å². The zero-order valence-electron chi connectivity index (χ0n) is 22.9. The van der Waals surface area contributed by atoms with Crippen molar-refractivity contribution < 1.29 is 4.74 Å². The van der Waals surface area contributed by atoms with E-state index in [2.05, 4.69) is 108 Å². The number of hydrogen-bond donors (Lipinski definition) is 1. The largest absolute Gasteiger partial charge is 0.446 e. The smallest absolute Gasteiger partial charge is 0.240 e. The van der Waals surface area contributed by atoms with Crippen molar-refractivity contribution in [1.29, 1.82) is 0 Å².